The minimum absolute atomic E-state index is 0.0549. The van der Waals surface area contributed by atoms with Crippen molar-refractivity contribution in [2.24, 2.45) is 0 Å². The smallest absolute Gasteiger partial charge is 0.409 e. The lowest BCUT2D eigenvalue weighted by Gasteiger charge is -2.21. The fourth-order valence-electron chi connectivity index (χ4n) is 2.54. The van der Waals surface area contributed by atoms with Gasteiger partial charge in [0.25, 0.3) is 0 Å². The summed E-state index contributed by atoms with van der Waals surface area (Å²) >= 11 is 0. The van der Waals surface area contributed by atoms with E-state index >= 15 is 0 Å². The highest BCUT2D eigenvalue weighted by Gasteiger charge is 2.35. The van der Waals surface area contributed by atoms with Crippen molar-refractivity contribution in [3.05, 3.63) is 48.6 Å². The van der Waals surface area contributed by atoms with Gasteiger partial charge in [0.1, 0.15) is 0 Å². The van der Waals surface area contributed by atoms with Crippen molar-refractivity contribution in [1.29, 1.82) is 0 Å². The first-order chi connectivity index (χ1) is 9.74. The van der Waals surface area contributed by atoms with Gasteiger partial charge in [-0.2, -0.15) is 0 Å². The molecule has 1 aliphatic rings. The van der Waals surface area contributed by atoms with Gasteiger partial charge in [-0.25, -0.2) is 4.79 Å². The van der Waals surface area contributed by atoms with E-state index in [9.17, 15) is 4.79 Å². The summed E-state index contributed by atoms with van der Waals surface area (Å²) in [6.07, 6.45) is 3.19. The standard InChI is InChI=1S/C16H21NO3/c1-3-7-14-10-15(11-17(14)16(18)19-2)20-12-13-8-5-4-6-9-13/h3-6,8-9,14-15H,1,7,10-12H2,2H3. The normalized spacial score (nSPS) is 21.8. The van der Waals surface area contributed by atoms with Gasteiger partial charge in [-0.1, -0.05) is 36.4 Å². The van der Waals surface area contributed by atoms with Crippen LogP contribution in [0.2, 0.25) is 0 Å². The van der Waals surface area contributed by atoms with E-state index < -0.39 is 0 Å². The number of hydrogen-bond donors (Lipinski definition) is 0. The molecule has 1 aliphatic heterocycles. The number of likely N-dealkylation sites (tertiary alicyclic amines) is 1. The van der Waals surface area contributed by atoms with E-state index in [2.05, 4.69) is 6.58 Å². The number of carbonyl (C=O) groups excluding carboxylic acids is 1. The molecule has 2 unspecified atom stereocenters. The zero-order chi connectivity index (χ0) is 14.4. The van der Waals surface area contributed by atoms with Crippen LogP contribution in [0, 0.1) is 0 Å². The summed E-state index contributed by atoms with van der Waals surface area (Å²) in [6.45, 7) is 4.89. The van der Waals surface area contributed by atoms with E-state index in [0.717, 1.165) is 18.4 Å². The molecule has 4 nitrogen and oxygen atoms in total. The lowest BCUT2D eigenvalue weighted by atomic mass is 10.1. The highest BCUT2D eigenvalue weighted by molar-refractivity contribution is 5.68. The summed E-state index contributed by atoms with van der Waals surface area (Å²) < 4.78 is 10.7. The molecule has 1 saturated heterocycles. The summed E-state index contributed by atoms with van der Waals surface area (Å²) in [5.74, 6) is 0. The average Bonchev–Trinajstić information content (AvgIpc) is 2.89. The average molecular weight is 275 g/mol. The van der Waals surface area contributed by atoms with Crippen LogP contribution in [0.4, 0.5) is 4.79 Å². The molecule has 4 heteroatoms. The van der Waals surface area contributed by atoms with Gasteiger partial charge in [0.05, 0.1) is 26.4 Å². The van der Waals surface area contributed by atoms with Gasteiger partial charge < -0.3 is 14.4 Å². The van der Waals surface area contributed by atoms with E-state index in [4.69, 9.17) is 9.47 Å². The number of amides is 1. The van der Waals surface area contributed by atoms with E-state index in [1.165, 1.54) is 7.11 Å². The van der Waals surface area contributed by atoms with Crippen LogP contribution < -0.4 is 0 Å². The highest BCUT2D eigenvalue weighted by Crippen LogP contribution is 2.24. The molecule has 1 aromatic carbocycles. The second kappa shape index (κ2) is 7.10. The molecule has 0 radical (unpaired) electrons. The molecule has 1 fully saturated rings. The van der Waals surface area contributed by atoms with Gasteiger partial charge in [-0.3, -0.25) is 0 Å². The Kier molecular flexibility index (Phi) is 5.18. The number of hydrogen-bond acceptors (Lipinski definition) is 3. The summed E-state index contributed by atoms with van der Waals surface area (Å²) in [5, 5.41) is 0. The molecule has 0 aliphatic carbocycles. The minimum atomic E-state index is -0.289. The number of ether oxygens (including phenoxy) is 2. The summed E-state index contributed by atoms with van der Waals surface area (Å²) in [7, 11) is 1.41. The maximum absolute atomic E-state index is 11.7. The number of benzene rings is 1. The lowest BCUT2D eigenvalue weighted by molar-refractivity contribution is 0.0454. The third-order valence-corrected chi connectivity index (χ3v) is 3.55. The van der Waals surface area contributed by atoms with Gasteiger partial charge in [-0.15, -0.1) is 6.58 Å². The molecule has 0 saturated carbocycles. The molecule has 1 aromatic rings. The largest absolute Gasteiger partial charge is 0.453 e. The molecular formula is C16H21NO3. The van der Waals surface area contributed by atoms with Crippen molar-refractivity contribution in [3.8, 4) is 0 Å². The van der Waals surface area contributed by atoms with Crippen molar-refractivity contribution in [1.82, 2.24) is 4.90 Å². The Hall–Kier alpha value is -1.81. The van der Waals surface area contributed by atoms with Gasteiger partial charge in [-0.05, 0) is 18.4 Å². The van der Waals surface area contributed by atoms with E-state index in [0.29, 0.717) is 13.2 Å². The summed E-state index contributed by atoms with van der Waals surface area (Å²) in [5.41, 5.74) is 1.14. The van der Waals surface area contributed by atoms with Gasteiger partial charge in [0, 0.05) is 6.04 Å². The second-order valence-electron chi connectivity index (χ2n) is 4.95. The number of nitrogens with zero attached hydrogens (tertiary/aromatic N) is 1. The van der Waals surface area contributed by atoms with Crippen LogP contribution in [0.5, 0.6) is 0 Å². The Morgan fingerprint density at radius 3 is 2.85 bits per heavy atom. The summed E-state index contributed by atoms with van der Waals surface area (Å²) in [6, 6.07) is 10.2. The quantitative estimate of drug-likeness (QED) is 0.775. The fraction of sp³-hybridized carbons (Fsp3) is 0.438. The number of methoxy groups -OCH3 is 1. The fourth-order valence-corrected chi connectivity index (χ4v) is 2.54. The monoisotopic (exact) mass is 275 g/mol. The second-order valence-corrected chi connectivity index (χ2v) is 4.95. The Morgan fingerprint density at radius 2 is 2.20 bits per heavy atom. The van der Waals surface area contributed by atoms with Crippen LogP contribution in [0.3, 0.4) is 0 Å². The molecular weight excluding hydrogens is 254 g/mol. The molecule has 1 heterocycles. The summed E-state index contributed by atoms with van der Waals surface area (Å²) in [4.78, 5) is 13.5. The first kappa shape index (κ1) is 14.6. The molecule has 0 N–H and O–H groups in total. The molecule has 2 rings (SSSR count). The van der Waals surface area contributed by atoms with Crippen LogP contribution in [0.1, 0.15) is 18.4 Å². The predicted octanol–water partition coefficient (Wildman–Crippen LogP) is 2.99. The molecule has 2 atom stereocenters. The number of carbonyl (C=O) groups is 1. The SMILES string of the molecule is C=CCC1CC(OCc2ccccc2)CN1C(=O)OC. The van der Waals surface area contributed by atoms with Crippen LogP contribution >= 0.6 is 0 Å². The van der Waals surface area contributed by atoms with Crippen molar-refractivity contribution >= 4 is 6.09 Å². The number of rotatable bonds is 5. The van der Waals surface area contributed by atoms with Gasteiger partial charge in [0.2, 0.25) is 0 Å². The Balaban J connectivity index is 1.90. The van der Waals surface area contributed by atoms with Crippen molar-refractivity contribution in [2.75, 3.05) is 13.7 Å². The van der Waals surface area contributed by atoms with E-state index in [1.54, 1.807) is 4.90 Å². The zero-order valence-corrected chi connectivity index (χ0v) is 11.8. The zero-order valence-electron chi connectivity index (χ0n) is 11.8. The van der Waals surface area contributed by atoms with Crippen LogP contribution in [-0.4, -0.2) is 36.8 Å². The molecule has 108 valence electrons. The maximum Gasteiger partial charge on any atom is 0.409 e. The van der Waals surface area contributed by atoms with Crippen LogP contribution in [0.25, 0.3) is 0 Å². The van der Waals surface area contributed by atoms with Gasteiger partial charge >= 0.3 is 6.09 Å². The van der Waals surface area contributed by atoms with Gasteiger partial charge in [0.15, 0.2) is 0 Å². The third-order valence-electron chi connectivity index (χ3n) is 3.55. The topological polar surface area (TPSA) is 38.8 Å². The van der Waals surface area contributed by atoms with E-state index in [-0.39, 0.29) is 18.2 Å². The molecule has 20 heavy (non-hydrogen) atoms. The van der Waals surface area contributed by atoms with Crippen molar-refractivity contribution in [2.45, 2.75) is 31.6 Å². The minimum Gasteiger partial charge on any atom is -0.453 e. The van der Waals surface area contributed by atoms with Crippen molar-refractivity contribution < 1.29 is 14.3 Å². The third kappa shape index (κ3) is 3.61. The lowest BCUT2D eigenvalue weighted by Crippen LogP contribution is -2.35. The van der Waals surface area contributed by atoms with Crippen LogP contribution in [-0.2, 0) is 16.1 Å². The molecule has 0 bridgehead atoms. The Morgan fingerprint density at radius 1 is 1.45 bits per heavy atom. The molecule has 1 amide bonds. The predicted molar refractivity (Wildman–Crippen MR) is 77.3 cm³/mol. The van der Waals surface area contributed by atoms with Crippen molar-refractivity contribution in [3.63, 3.8) is 0 Å². The highest BCUT2D eigenvalue weighted by atomic mass is 16.5. The molecule has 0 aromatic heterocycles. The first-order valence-electron chi connectivity index (χ1n) is 6.85. The maximum atomic E-state index is 11.7. The Labute approximate surface area is 120 Å². The Bertz CT molecular complexity index is 446. The molecule has 0 spiro atoms. The first-order valence-corrected chi connectivity index (χ1v) is 6.85. The van der Waals surface area contributed by atoms with Crippen LogP contribution in [0.15, 0.2) is 43.0 Å². The van der Waals surface area contributed by atoms with E-state index in [1.807, 2.05) is 36.4 Å².